The molecule has 0 amide bonds. The molecule has 0 spiro atoms. The highest BCUT2D eigenvalue weighted by atomic mass is 16.6. The van der Waals surface area contributed by atoms with Crippen LogP contribution >= 0.6 is 0 Å². The molecule has 0 saturated carbocycles. The van der Waals surface area contributed by atoms with Crippen molar-refractivity contribution in [3.63, 3.8) is 0 Å². The molecule has 0 heterocycles. The van der Waals surface area contributed by atoms with Crippen LogP contribution in [0.5, 0.6) is 0 Å². The Morgan fingerprint density at radius 1 is 0.373 bits per heavy atom. The third kappa shape index (κ3) is 40.4. The molecule has 0 rings (SSSR count). The zero-order chi connectivity index (χ0) is 37.0. The fourth-order valence-corrected chi connectivity index (χ4v) is 4.99. The Balaban J connectivity index is 3.72. The minimum Gasteiger partial charge on any atom is -0.394 e. The van der Waals surface area contributed by atoms with E-state index in [1.807, 2.05) is 0 Å². The first-order chi connectivity index (χ1) is 25.3. The summed E-state index contributed by atoms with van der Waals surface area (Å²) in [6.07, 6.45) is 57.5. The Bertz CT molecular complexity index is 852. The quantitative estimate of drug-likeness (QED) is 0.0493. The molecule has 2 atom stereocenters. The highest BCUT2D eigenvalue weighted by Gasteiger charge is 2.12. The van der Waals surface area contributed by atoms with Crippen molar-refractivity contribution in [2.24, 2.45) is 0 Å². The van der Waals surface area contributed by atoms with E-state index in [1.54, 1.807) is 0 Å². The van der Waals surface area contributed by atoms with Crippen molar-refractivity contribution >= 4 is 0 Å². The summed E-state index contributed by atoms with van der Waals surface area (Å²) in [5, 5.41) is 19.3. The Morgan fingerprint density at radius 3 is 0.922 bits per heavy atom. The molecule has 0 aliphatic rings. The van der Waals surface area contributed by atoms with Crippen LogP contribution in [0.15, 0.2) is 97.2 Å². The molecule has 0 aliphatic carbocycles. The third-order valence-corrected chi connectivity index (χ3v) is 8.17. The first-order valence-electron chi connectivity index (χ1n) is 20.5. The highest BCUT2D eigenvalue weighted by molar-refractivity contribution is 5.00. The molecule has 0 fully saturated rings. The van der Waals surface area contributed by atoms with Gasteiger partial charge in [0.15, 0.2) is 0 Å². The Morgan fingerprint density at radius 2 is 0.647 bits per heavy atom. The van der Waals surface area contributed by atoms with Gasteiger partial charge in [-0.3, -0.25) is 0 Å². The van der Waals surface area contributed by atoms with Crippen LogP contribution in [0.4, 0.5) is 0 Å². The second kappa shape index (κ2) is 43.9. The lowest BCUT2D eigenvalue weighted by Gasteiger charge is -2.19. The normalized spacial score (nSPS) is 14.2. The van der Waals surface area contributed by atoms with Crippen LogP contribution in [0.3, 0.4) is 0 Å². The van der Waals surface area contributed by atoms with Gasteiger partial charge in [-0.25, -0.2) is 0 Å². The van der Waals surface area contributed by atoms with E-state index in [2.05, 4.69) is 111 Å². The number of allylic oxidation sites excluding steroid dienone is 16. The maximum Gasteiger partial charge on any atom is 0.104 e. The molecule has 0 aliphatic heterocycles. The number of hydrogen-bond acceptors (Lipinski definition) is 5. The average Bonchev–Trinajstić information content (AvgIpc) is 3.15. The molecule has 5 nitrogen and oxygen atoms in total. The van der Waals surface area contributed by atoms with E-state index in [0.29, 0.717) is 26.4 Å². The zero-order valence-electron chi connectivity index (χ0n) is 32.9. The molecule has 2 unspecified atom stereocenters. The van der Waals surface area contributed by atoms with Crippen molar-refractivity contribution in [3.05, 3.63) is 97.2 Å². The lowest BCUT2D eigenvalue weighted by Crippen LogP contribution is -2.30. The van der Waals surface area contributed by atoms with Gasteiger partial charge in [0, 0.05) is 13.2 Å². The average molecular weight is 711 g/mol. The van der Waals surface area contributed by atoms with Gasteiger partial charge in [0.1, 0.15) is 12.2 Å². The molecule has 51 heavy (non-hydrogen) atoms. The summed E-state index contributed by atoms with van der Waals surface area (Å²) in [6, 6.07) is 0. The third-order valence-electron chi connectivity index (χ3n) is 8.17. The van der Waals surface area contributed by atoms with Crippen LogP contribution in [-0.4, -0.2) is 62.1 Å². The van der Waals surface area contributed by atoms with Gasteiger partial charge in [-0.1, -0.05) is 137 Å². The first kappa shape index (κ1) is 48.7. The van der Waals surface area contributed by atoms with E-state index < -0.39 is 0 Å². The van der Waals surface area contributed by atoms with Gasteiger partial charge in [0.05, 0.1) is 26.4 Å². The molecule has 0 aromatic rings. The maximum absolute atomic E-state index is 9.65. The number of ether oxygens (including phenoxy) is 3. The van der Waals surface area contributed by atoms with Crippen LogP contribution in [-0.2, 0) is 14.2 Å². The summed E-state index contributed by atoms with van der Waals surface area (Å²) in [5.74, 6) is 0. The standard InChI is InChI=1S/C46H78O5/c1-3-5-7-9-11-13-15-17-19-21-23-25-27-29-31-33-35-37-39-50-45(41-47)43-49-44-46(42-48)51-40-38-36-34-32-30-28-26-24-22-20-18-16-14-12-10-8-6-4-2/h11-14,17-20,23-26,29-32,45-48H,3-10,15-16,21-22,27-28,33-44H2,1-2H3. The molecular formula is C46H78O5. The Kier molecular flexibility index (Phi) is 41.9. The number of aliphatic hydroxyl groups is 2. The van der Waals surface area contributed by atoms with Gasteiger partial charge in [0.2, 0.25) is 0 Å². The summed E-state index contributed by atoms with van der Waals surface area (Å²) in [4.78, 5) is 0. The summed E-state index contributed by atoms with van der Waals surface area (Å²) < 4.78 is 17.3. The fourth-order valence-electron chi connectivity index (χ4n) is 4.99. The molecule has 0 saturated heterocycles. The van der Waals surface area contributed by atoms with Crippen molar-refractivity contribution in [3.8, 4) is 0 Å². The van der Waals surface area contributed by atoms with Gasteiger partial charge in [-0.2, -0.15) is 0 Å². The van der Waals surface area contributed by atoms with Crippen molar-refractivity contribution in [1.82, 2.24) is 0 Å². The van der Waals surface area contributed by atoms with E-state index in [1.165, 1.54) is 51.4 Å². The van der Waals surface area contributed by atoms with Crippen LogP contribution < -0.4 is 0 Å². The van der Waals surface area contributed by atoms with Gasteiger partial charge in [-0.15, -0.1) is 0 Å². The number of hydrogen-bond donors (Lipinski definition) is 2. The molecule has 0 aromatic carbocycles. The molecule has 0 aromatic heterocycles. The zero-order valence-corrected chi connectivity index (χ0v) is 32.9. The number of rotatable bonds is 38. The SMILES string of the molecule is CCCCCC=CCC=CCC=CCC=CCCCCOC(CO)COCC(CO)OCCCCC=CCC=CCC=CCC=CCCCCC. The largest absolute Gasteiger partial charge is 0.394 e. The number of unbranched alkanes of at least 4 members (excludes halogenated alkanes) is 10. The number of aliphatic hydroxyl groups excluding tert-OH is 2. The second-order valence-corrected chi connectivity index (χ2v) is 13.1. The molecule has 0 radical (unpaired) electrons. The van der Waals surface area contributed by atoms with Gasteiger partial charge in [-0.05, 0) is 103 Å². The van der Waals surface area contributed by atoms with E-state index in [4.69, 9.17) is 14.2 Å². The van der Waals surface area contributed by atoms with Crippen molar-refractivity contribution in [2.45, 2.75) is 154 Å². The first-order valence-corrected chi connectivity index (χ1v) is 20.5. The smallest absolute Gasteiger partial charge is 0.104 e. The highest BCUT2D eigenvalue weighted by Crippen LogP contribution is 2.06. The van der Waals surface area contributed by atoms with Crippen LogP contribution in [0, 0.1) is 0 Å². The lowest BCUT2D eigenvalue weighted by molar-refractivity contribution is -0.0813. The van der Waals surface area contributed by atoms with Crippen LogP contribution in [0.25, 0.3) is 0 Å². The molecular weight excluding hydrogens is 633 g/mol. The topological polar surface area (TPSA) is 68.2 Å². The maximum atomic E-state index is 9.65. The summed E-state index contributed by atoms with van der Waals surface area (Å²) in [5.41, 5.74) is 0. The Labute approximate surface area is 315 Å². The van der Waals surface area contributed by atoms with Crippen LogP contribution in [0.1, 0.15) is 142 Å². The van der Waals surface area contributed by atoms with Crippen molar-refractivity contribution in [1.29, 1.82) is 0 Å². The summed E-state index contributed by atoms with van der Waals surface area (Å²) in [7, 11) is 0. The minimum atomic E-state index is -0.355. The van der Waals surface area contributed by atoms with E-state index in [9.17, 15) is 10.2 Å². The van der Waals surface area contributed by atoms with Gasteiger partial charge < -0.3 is 24.4 Å². The molecule has 0 bridgehead atoms. The monoisotopic (exact) mass is 711 g/mol. The molecule has 2 N–H and O–H groups in total. The molecule has 292 valence electrons. The predicted octanol–water partition coefficient (Wildman–Crippen LogP) is 12.0. The summed E-state index contributed by atoms with van der Waals surface area (Å²) >= 11 is 0. The second-order valence-electron chi connectivity index (χ2n) is 13.1. The van der Waals surface area contributed by atoms with Gasteiger partial charge in [0.25, 0.3) is 0 Å². The Hall–Kier alpha value is -2.28. The van der Waals surface area contributed by atoms with Crippen LogP contribution in [0.2, 0.25) is 0 Å². The van der Waals surface area contributed by atoms with Crippen molar-refractivity contribution < 1.29 is 24.4 Å². The predicted molar refractivity (Wildman–Crippen MR) is 221 cm³/mol. The van der Waals surface area contributed by atoms with E-state index in [0.717, 1.165) is 77.0 Å². The lowest BCUT2D eigenvalue weighted by atomic mass is 10.2. The fraction of sp³-hybridized carbons (Fsp3) is 0.652. The van der Waals surface area contributed by atoms with E-state index in [-0.39, 0.29) is 25.4 Å². The molecule has 5 heteroatoms. The minimum absolute atomic E-state index is 0.0840. The van der Waals surface area contributed by atoms with E-state index >= 15 is 0 Å². The van der Waals surface area contributed by atoms with Gasteiger partial charge >= 0.3 is 0 Å². The van der Waals surface area contributed by atoms with Crippen molar-refractivity contribution in [2.75, 3.05) is 39.6 Å². The summed E-state index contributed by atoms with van der Waals surface area (Å²) in [6.45, 7) is 6.10.